The lowest BCUT2D eigenvalue weighted by atomic mass is 9.89. The average Bonchev–Trinajstić information content (AvgIpc) is 3.18. The van der Waals surface area contributed by atoms with Gasteiger partial charge in [0.1, 0.15) is 11.0 Å². The molecule has 0 radical (unpaired) electrons. The highest BCUT2D eigenvalue weighted by molar-refractivity contribution is 5.97. The van der Waals surface area contributed by atoms with Gasteiger partial charge in [-0.1, -0.05) is 0 Å². The van der Waals surface area contributed by atoms with Gasteiger partial charge >= 0.3 is 6.09 Å². The Bertz CT molecular complexity index is 773. The van der Waals surface area contributed by atoms with Crippen molar-refractivity contribution in [3.8, 4) is 0 Å². The van der Waals surface area contributed by atoms with Gasteiger partial charge < -0.3 is 14.9 Å². The molecule has 2 saturated heterocycles. The molecule has 2 amide bonds. The van der Waals surface area contributed by atoms with Crippen LogP contribution in [0.15, 0.2) is 18.2 Å². The van der Waals surface area contributed by atoms with Gasteiger partial charge in [-0.15, -0.1) is 0 Å². The number of fused-ring (bicyclic) bond motifs is 2. The number of piperidine rings is 1. The highest BCUT2D eigenvalue weighted by Gasteiger charge is 2.40. The van der Waals surface area contributed by atoms with E-state index in [0.717, 1.165) is 11.9 Å². The number of carbonyl (C=O) groups excluding carboxylic acids is 1. The first kappa shape index (κ1) is 14.0. The van der Waals surface area contributed by atoms with Crippen LogP contribution in [0.1, 0.15) is 16.8 Å². The van der Waals surface area contributed by atoms with Crippen LogP contribution >= 0.6 is 0 Å². The average molecular weight is 315 g/mol. The van der Waals surface area contributed by atoms with Gasteiger partial charge in [-0.25, -0.2) is 4.79 Å². The lowest BCUT2D eigenvalue weighted by Gasteiger charge is -2.32. The van der Waals surface area contributed by atoms with Crippen LogP contribution in [0.3, 0.4) is 0 Å². The van der Waals surface area contributed by atoms with Crippen molar-refractivity contribution < 1.29 is 14.7 Å². The van der Waals surface area contributed by atoms with Gasteiger partial charge in [0.15, 0.2) is 0 Å². The molecule has 120 valence electrons. The molecule has 2 aliphatic heterocycles. The molecule has 0 bridgehead atoms. The zero-order valence-electron chi connectivity index (χ0n) is 12.5. The van der Waals surface area contributed by atoms with Crippen molar-refractivity contribution in [3.05, 3.63) is 23.8 Å². The number of H-pyrrole nitrogens is 1. The first-order chi connectivity index (χ1) is 11.1. The summed E-state index contributed by atoms with van der Waals surface area (Å²) in [5.74, 6) is 0.607. The number of aromatic amines is 1. The number of rotatable bonds is 1. The summed E-state index contributed by atoms with van der Waals surface area (Å²) in [6.45, 7) is 2.40. The van der Waals surface area contributed by atoms with Crippen molar-refractivity contribution in [2.75, 3.05) is 26.2 Å². The summed E-state index contributed by atoms with van der Waals surface area (Å²) in [6, 6.07) is 5.28. The number of amides is 2. The molecule has 23 heavy (non-hydrogen) atoms. The summed E-state index contributed by atoms with van der Waals surface area (Å²) < 4.78 is 0. The second kappa shape index (κ2) is 5.22. The number of nitrogens with one attached hydrogen (secondary N) is 1. The summed E-state index contributed by atoms with van der Waals surface area (Å²) in [5, 5.41) is 19.7. The molecule has 0 saturated carbocycles. The van der Waals surface area contributed by atoms with Gasteiger partial charge in [-0.2, -0.15) is 15.4 Å². The Labute approximate surface area is 132 Å². The molecule has 0 spiro atoms. The number of hydrogen-bond donors (Lipinski definition) is 2. The lowest BCUT2D eigenvalue weighted by molar-refractivity contribution is 0.0784. The Morgan fingerprint density at radius 1 is 1.09 bits per heavy atom. The summed E-state index contributed by atoms with van der Waals surface area (Å²) >= 11 is 0. The number of nitrogens with zero attached hydrogens (tertiary/aromatic N) is 4. The minimum Gasteiger partial charge on any atom is -0.465 e. The second-order valence-corrected chi connectivity index (χ2v) is 6.27. The van der Waals surface area contributed by atoms with E-state index in [-0.39, 0.29) is 11.8 Å². The van der Waals surface area contributed by atoms with Gasteiger partial charge in [0.05, 0.1) is 0 Å². The number of carbonyl (C=O) groups is 2. The van der Waals surface area contributed by atoms with E-state index in [1.807, 2.05) is 4.90 Å². The van der Waals surface area contributed by atoms with Crippen LogP contribution in [0.4, 0.5) is 4.79 Å². The standard InChI is InChI=1S/C15H17N5O3/c21-14(9-1-2-12-13(5-9)17-18-16-12)20-6-10-3-4-19(15(22)23)7-11(10)8-20/h1-2,5,10-11H,3-4,6-8H2,(H,22,23)(H,16,17,18)/t10-,11+/m0/s1. The van der Waals surface area contributed by atoms with Crippen LogP contribution in [0, 0.1) is 11.8 Å². The van der Waals surface area contributed by atoms with Gasteiger partial charge in [0, 0.05) is 31.7 Å². The summed E-state index contributed by atoms with van der Waals surface area (Å²) in [7, 11) is 0. The Kier molecular flexibility index (Phi) is 3.17. The zero-order valence-corrected chi connectivity index (χ0v) is 12.5. The first-order valence-corrected chi connectivity index (χ1v) is 7.69. The van der Waals surface area contributed by atoms with Crippen LogP contribution in [-0.4, -0.2) is 68.5 Å². The van der Waals surface area contributed by atoms with Crippen LogP contribution < -0.4 is 0 Å². The third-order valence-electron chi connectivity index (χ3n) is 4.92. The predicted octanol–water partition coefficient (Wildman–Crippen LogP) is 1.03. The van der Waals surface area contributed by atoms with E-state index < -0.39 is 6.09 Å². The number of aromatic nitrogens is 3. The third-order valence-corrected chi connectivity index (χ3v) is 4.92. The zero-order chi connectivity index (χ0) is 16.0. The fourth-order valence-electron chi connectivity index (χ4n) is 3.66. The minimum atomic E-state index is -0.871. The van der Waals surface area contributed by atoms with E-state index in [2.05, 4.69) is 15.4 Å². The summed E-state index contributed by atoms with van der Waals surface area (Å²) in [6.07, 6.45) is -0.0482. The molecular weight excluding hydrogens is 298 g/mol. The largest absolute Gasteiger partial charge is 0.465 e. The normalized spacial score (nSPS) is 24.0. The molecular formula is C15H17N5O3. The highest BCUT2D eigenvalue weighted by atomic mass is 16.4. The molecule has 2 aliphatic rings. The number of benzene rings is 1. The summed E-state index contributed by atoms with van der Waals surface area (Å²) in [5.41, 5.74) is 2.00. The van der Waals surface area contributed by atoms with Crippen molar-refractivity contribution in [3.63, 3.8) is 0 Å². The molecule has 2 N–H and O–H groups in total. The van der Waals surface area contributed by atoms with E-state index in [1.165, 1.54) is 4.90 Å². The molecule has 1 aromatic heterocycles. The van der Waals surface area contributed by atoms with Crippen molar-refractivity contribution in [2.45, 2.75) is 6.42 Å². The van der Waals surface area contributed by atoms with E-state index in [4.69, 9.17) is 5.11 Å². The fourth-order valence-corrected chi connectivity index (χ4v) is 3.66. The van der Waals surface area contributed by atoms with E-state index >= 15 is 0 Å². The second-order valence-electron chi connectivity index (χ2n) is 6.27. The molecule has 0 unspecified atom stereocenters. The van der Waals surface area contributed by atoms with Crippen LogP contribution in [0.5, 0.6) is 0 Å². The smallest absolute Gasteiger partial charge is 0.407 e. The number of carboxylic acid groups (broad SMARTS) is 1. The molecule has 0 aliphatic carbocycles. The van der Waals surface area contributed by atoms with Gasteiger partial charge in [-0.3, -0.25) is 4.79 Å². The van der Waals surface area contributed by atoms with Gasteiger partial charge in [0.25, 0.3) is 5.91 Å². The van der Waals surface area contributed by atoms with Crippen molar-refractivity contribution in [1.82, 2.24) is 25.2 Å². The highest BCUT2D eigenvalue weighted by Crippen LogP contribution is 2.32. The van der Waals surface area contributed by atoms with E-state index in [1.54, 1.807) is 18.2 Å². The quantitative estimate of drug-likeness (QED) is 0.818. The van der Waals surface area contributed by atoms with Crippen molar-refractivity contribution >= 4 is 23.0 Å². The summed E-state index contributed by atoms with van der Waals surface area (Å²) in [4.78, 5) is 27.1. The number of hydrogen-bond acceptors (Lipinski definition) is 4. The van der Waals surface area contributed by atoms with Gasteiger partial charge in [0.2, 0.25) is 0 Å². The maximum Gasteiger partial charge on any atom is 0.407 e. The topological polar surface area (TPSA) is 102 Å². The van der Waals surface area contributed by atoms with Crippen molar-refractivity contribution in [2.24, 2.45) is 11.8 Å². The van der Waals surface area contributed by atoms with Crippen LogP contribution in [0.25, 0.3) is 11.0 Å². The van der Waals surface area contributed by atoms with E-state index in [0.29, 0.717) is 43.2 Å². The van der Waals surface area contributed by atoms with Gasteiger partial charge in [-0.05, 0) is 36.5 Å². The monoisotopic (exact) mass is 315 g/mol. The number of likely N-dealkylation sites (tertiary alicyclic amines) is 2. The Hall–Kier alpha value is -2.64. The molecule has 8 heteroatoms. The Balaban J connectivity index is 1.50. The van der Waals surface area contributed by atoms with Crippen LogP contribution in [-0.2, 0) is 0 Å². The fraction of sp³-hybridized carbons (Fsp3) is 0.467. The molecule has 2 atom stereocenters. The predicted molar refractivity (Wildman–Crippen MR) is 81.0 cm³/mol. The lowest BCUT2D eigenvalue weighted by Crippen LogP contribution is -2.42. The first-order valence-electron chi connectivity index (χ1n) is 7.69. The Morgan fingerprint density at radius 3 is 2.65 bits per heavy atom. The maximum absolute atomic E-state index is 12.7. The van der Waals surface area contributed by atoms with E-state index in [9.17, 15) is 9.59 Å². The molecule has 1 aromatic carbocycles. The molecule has 3 heterocycles. The van der Waals surface area contributed by atoms with Crippen molar-refractivity contribution in [1.29, 1.82) is 0 Å². The molecule has 8 nitrogen and oxygen atoms in total. The Morgan fingerprint density at radius 2 is 1.83 bits per heavy atom. The van der Waals surface area contributed by atoms with Crippen LogP contribution in [0.2, 0.25) is 0 Å². The third kappa shape index (κ3) is 2.39. The molecule has 2 fully saturated rings. The minimum absolute atomic E-state index is 0.0221. The molecule has 2 aromatic rings. The SMILES string of the molecule is O=C(O)N1CC[C@H]2CN(C(=O)c3ccc4n[nH]nc4c3)C[C@H]2C1. The maximum atomic E-state index is 12.7. The molecule has 4 rings (SSSR count).